The van der Waals surface area contributed by atoms with Crippen molar-refractivity contribution in [3.8, 4) is 0 Å². The molecule has 1 heterocycles. The zero-order valence-electron chi connectivity index (χ0n) is 10.8. The third-order valence-corrected chi connectivity index (χ3v) is 5.32. The maximum atomic E-state index is 11.6. The first-order valence-electron chi connectivity index (χ1n) is 6.41. The monoisotopic (exact) mass is 309 g/mol. The van der Waals surface area contributed by atoms with E-state index in [0.29, 0.717) is 5.69 Å². The Morgan fingerprint density at radius 3 is 2.70 bits per heavy atom. The van der Waals surface area contributed by atoms with E-state index < -0.39 is 10.0 Å². The van der Waals surface area contributed by atoms with E-state index in [1.54, 1.807) is 29.5 Å². The largest absolute Gasteiger partial charge is 0.330 e. The molecule has 3 N–H and O–H groups in total. The van der Waals surface area contributed by atoms with Crippen molar-refractivity contribution in [3.05, 3.63) is 34.8 Å². The number of nitrogens with one attached hydrogen (secondary N) is 1. The van der Waals surface area contributed by atoms with Gasteiger partial charge in [-0.15, -0.1) is 11.3 Å². The smallest absolute Gasteiger partial charge is 0.240 e. The molecule has 0 saturated carbocycles. The van der Waals surface area contributed by atoms with Crippen molar-refractivity contribution >= 4 is 32.2 Å². The number of thiazole rings is 1. The Bertz CT molecular complexity index is 714. The predicted molar refractivity (Wildman–Crippen MR) is 79.9 cm³/mol. The lowest BCUT2D eigenvalue weighted by molar-refractivity contribution is 0.598. The van der Waals surface area contributed by atoms with Gasteiger partial charge in [0, 0.05) is 4.88 Å². The molecule has 0 radical (unpaired) electrons. The molecule has 5 nitrogen and oxygen atoms in total. The summed E-state index contributed by atoms with van der Waals surface area (Å²) in [6.45, 7) is 0. The number of benzene rings is 1. The number of aryl methyl sites for hydroxylation is 2. The van der Waals surface area contributed by atoms with Crippen LogP contribution in [0.3, 0.4) is 0 Å². The summed E-state index contributed by atoms with van der Waals surface area (Å²) >= 11 is 1.59. The second-order valence-electron chi connectivity index (χ2n) is 4.76. The van der Waals surface area contributed by atoms with Crippen LogP contribution in [-0.4, -0.2) is 13.4 Å². The first kappa shape index (κ1) is 13.5. The van der Waals surface area contributed by atoms with E-state index in [9.17, 15) is 8.42 Å². The standard InChI is InChI=1S/C13H15N3O2S2/c14-20(17,18)12-8-4-2-6-10(12)16-13-15-9-5-1-3-7-11(9)19-13/h2,4,6,8H,1,3,5,7H2,(H,15,16)(H2,14,17,18). The van der Waals surface area contributed by atoms with Gasteiger partial charge in [-0.1, -0.05) is 12.1 Å². The normalized spacial score (nSPS) is 14.8. The molecule has 1 aliphatic carbocycles. The molecule has 0 saturated heterocycles. The highest BCUT2D eigenvalue weighted by Gasteiger charge is 2.17. The third kappa shape index (κ3) is 2.70. The predicted octanol–water partition coefficient (Wildman–Crippen LogP) is 2.41. The first-order valence-corrected chi connectivity index (χ1v) is 8.78. The molecule has 1 aliphatic rings. The first-order chi connectivity index (χ1) is 9.54. The number of primary sulfonamides is 1. The minimum Gasteiger partial charge on any atom is -0.330 e. The molecular weight excluding hydrogens is 294 g/mol. The number of nitrogens with zero attached hydrogens (tertiary/aromatic N) is 1. The van der Waals surface area contributed by atoms with Crippen molar-refractivity contribution in [2.45, 2.75) is 30.6 Å². The fraction of sp³-hybridized carbons (Fsp3) is 0.308. The number of rotatable bonds is 3. The summed E-state index contributed by atoms with van der Waals surface area (Å²) in [7, 11) is -3.74. The lowest BCUT2D eigenvalue weighted by Crippen LogP contribution is -2.14. The van der Waals surface area contributed by atoms with E-state index >= 15 is 0 Å². The van der Waals surface area contributed by atoms with Gasteiger partial charge in [-0.05, 0) is 37.8 Å². The Morgan fingerprint density at radius 2 is 1.95 bits per heavy atom. The molecule has 7 heteroatoms. The van der Waals surface area contributed by atoms with Crippen LogP contribution in [0.15, 0.2) is 29.2 Å². The maximum Gasteiger partial charge on any atom is 0.240 e. The van der Waals surface area contributed by atoms with Crippen molar-refractivity contribution in [1.29, 1.82) is 0 Å². The lowest BCUT2D eigenvalue weighted by atomic mass is 10.0. The Balaban J connectivity index is 1.94. The van der Waals surface area contributed by atoms with Crippen LogP contribution in [0.2, 0.25) is 0 Å². The van der Waals surface area contributed by atoms with Gasteiger partial charge in [0.15, 0.2) is 5.13 Å². The highest BCUT2D eigenvalue weighted by atomic mass is 32.2. The van der Waals surface area contributed by atoms with Crippen LogP contribution in [0.5, 0.6) is 0 Å². The van der Waals surface area contributed by atoms with Crippen LogP contribution >= 0.6 is 11.3 Å². The number of sulfonamides is 1. The fourth-order valence-electron chi connectivity index (χ4n) is 2.34. The molecule has 2 aromatic rings. The number of fused-ring (bicyclic) bond motifs is 1. The number of aromatic nitrogens is 1. The summed E-state index contributed by atoms with van der Waals surface area (Å²) in [5, 5.41) is 9.04. The van der Waals surface area contributed by atoms with Gasteiger partial charge in [0.1, 0.15) is 4.90 Å². The van der Waals surface area contributed by atoms with Crippen molar-refractivity contribution in [2.24, 2.45) is 5.14 Å². The highest BCUT2D eigenvalue weighted by Crippen LogP contribution is 2.32. The molecule has 1 aromatic carbocycles. The van der Waals surface area contributed by atoms with Gasteiger partial charge >= 0.3 is 0 Å². The molecule has 0 aliphatic heterocycles. The van der Waals surface area contributed by atoms with E-state index in [1.807, 2.05) is 0 Å². The van der Waals surface area contributed by atoms with Crippen molar-refractivity contribution in [3.63, 3.8) is 0 Å². The Hall–Kier alpha value is -1.44. The van der Waals surface area contributed by atoms with E-state index in [-0.39, 0.29) is 4.90 Å². The van der Waals surface area contributed by atoms with Gasteiger partial charge < -0.3 is 5.32 Å². The quantitative estimate of drug-likeness (QED) is 0.911. The SMILES string of the molecule is NS(=O)(=O)c1ccccc1Nc1nc2c(s1)CCCC2. The van der Waals surface area contributed by atoms with Crippen LogP contribution in [0.1, 0.15) is 23.4 Å². The summed E-state index contributed by atoms with van der Waals surface area (Å²) in [6.07, 6.45) is 4.43. The number of para-hydroxylation sites is 1. The minimum absolute atomic E-state index is 0.0909. The highest BCUT2D eigenvalue weighted by molar-refractivity contribution is 7.89. The molecule has 0 spiro atoms. The molecule has 0 fully saturated rings. The summed E-state index contributed by atoms with van der Waals surface area (Å²) in [6, 6.07) is 6.60. The second kappa shape index (κ2) is 5.16. The van der Waals surface area contributed by atoms with Gasteiger partial charge in [0.2, 0.25) is 10.0 Å². The zero-order valence-corrected chi connectivity index (χ0v) is 12.4. The Morgan fingerprint density at radius 1 is 1.20 bits per heavy atom. The molecule has 106 valence electrons. The number of hydrogen-bond acceptors (Lipinski definition) is 5. The summed E-state index contributed by atoms with van der Waals surface area (Å²) < 4.78 is 23.1. The zero-order chi connectivity index (χ0) is 14.2. The van der Waals surface area contributed by atoms with Gasteiger partial charge in [-0.25, -0.2) is 18.5 Å². The Kier molecular flexibility index (Phi) is 3.49. The van der Waals surface area contributed by atoms with E-state index in [4.69, 9.17) is 5.14 Å². The molecule has 1 aromatic heterocycles. The van der Waals surface area contributed by atoms with Gasteiger partial charge in [-0.2, -0.15) is 0 Å². The molecule has 20 heavy (non-hydrogen) atoms. The second-order valence-corrected chi connectivity index (χ2v) is 7.38. The van der Waals surface area contributed by atoms with E-state index in [0.717, 1.165) is 23.7 Å². The van der Waals surface area contributed by atoms with Crippen molar-refractivity contribution in [2.75, 3.05) is 5.32 Å². The van der Waals surface area contributed by atoms with Gasteiger partial charge in [0.25, 0.3) is 0 Å². The molecule has 0 bridgehead atoms. The molecule has 0 unspecified atom stereocenters. The van der Waals surface area contributed by atoms with Crippen molar-refractivity contribution < 1.29 is 8.42 Å². The Labute approximate surface area is 121 Å². The maximum absolute atomic E-state index is 11.6. The van der Waals surface area contributed by atoms with Crippen LogP contribution in [0.4, 0.5) is 10.8 Å². The molecule has 3 rings (SSSR count). The van der Waals surface area contributed by atoms with Gasteiger partial charge in [0.05, 0.1) is 11.4 Å². The fourth-order valence-corrected chi connectivity index (χ4v) is 4.09. The van der Waals surface area contributed by atoms with Crippen LogP contribution in [-0.2, 0) is 22.9 Å². The topological polar surface area (TPSA) is 85.1 Å². The van der Waals surface area contributed by atoms with E-state index in [1.165, 1.54) is 23.8 Å². The van der Waals surface area contributed by atoms with Crippen LogP contribution in [0, 0.1) is 0 Å². The summed E-state index contributed by atoms with van der Waals surface area (Å²) in [5.74, 6) is 0. The number of hydrogen-bond donors (Lipinski definition) is 2. The van der Waals surface area contributed by atoms with Crippen LogP contribution < -0.4 is 10.5 Å². The third-order valence-electron chi connectivity index (χ3n) is 3.28. The lowest BCUT2D eigenvalue weighted by Gasteiger charge is -2.07. The average Bonchev–Trinajstić information content (AvgIpc) is 2.80. The van der Waals surface area contributed by atoms with Crippen LogP contribution in [0.25, 0.3) is 0 Å². The molecule has 0 amide bonds. The number of nitrogens with two attached hydrogens (primary N) is 1. The van der Waals surface area contributed by atoms with Gasteiger partial charge in [-0.3, -0.25) is 0 Å². The molecular formula is C13H15N3O2S2. The molecule has 0 atom stereocenters. The number of anilines is 2. The summed E-state index contributed by atoms with van der Waals surface area (Å²) in [4.78, 5) is 5.93. The minimum atomic E-state index is -3.74. The average molecular weight is 309 g/mol. The van der Waals surface area contributed by atoms with E-state index in [2.05, 4.69) is 10.3 Å². The van der Waals surface area contributed by atoms with Crippen molar-refractivity contribution in [1.82, 2.24) is 4.98 Å². The summed E-state index contributed by atoms with van der Waals surface area (Å²) in [5.41, 5.74) is 1.61.